The highest BCUT2D eigenvalue weighted by Crippen LogP contribution is 2.21. The van der Waals surface area contributed by atoms with E-state index < -0.39 is 17.7 Å². The van der Waals surface area contributed by atoms with E-state index in [0.29, 0.717) is 0 Å². The highest BCUT2D eigenvalue weighted by Gasteiger charge is 2.16. The Morgan fingerprint density at radius 1 is 1.10 bits per heavy atom. The number of aromatic nitrogens is 2. The fourth-order valence-electron chi connectivity index (χ4n) is 2.26. The van der Waals surface area contributed by atoms with Crippen LogP contribution in [0, 0.1) is 11.6 Å². The second kappa shape index (κ2) is 5.02. The van der Waals surface area contributed by atoms with Gasteiger partial charge in [-0.3, -0.25) is 4.68 Å². The van der Waals surface area contributed by atoms with Gasteiger partial charge in [-0.1, -0.05) is 30.3 Å². The predicted octanol–water partition coefficient (Wildman–Crippen LogP) is 3.01. The van der Waals surface area contributed by atoms with Crippen LogP contribution >= 0.6 is 0 Å². The van der Waals surface area contributed by atoms with Crippen molar-refractivity contribution in [1.82, 2.24) is 9.78 Å². The minimum absolute atomic E-state index is 0.157. The number of nitrogens with two attached hydrogens (primary N) is 1. The Morgan fingerprint density at radius 2 is 1.90 bits per heavy atom. The molecule has 0 spiro atoms. The van der Waals surface area contributed by atoms with Gasteiger partial charge in [0.1, 0.15) is 0 Å². The summed E-state index contributed by atoms with van der Waals surface area (Å²) in [6, 6.07) is 11.0. The van der Waals surface area contributed by atoms with Crippen LogP contribution in [-0.4, -0.2) is 9.78 Å². The van der Waals surface area contributed by atoms with E-state index in [2.05, 4.69) is 5.10 Å². The predicted molar refractivity (Wildman–Crippen MR) is 73.0 cm³/mol. The zero-order valence-electron chi connectivity index (χ0n) is 10.6. The van der Waals surface area contributed by atoms with Gasteiger partial charge in [-0.2, -0.15) is 5.10 Å². The quantitative estimate of drug-likeness (QED) is 0.797. The lowest BCUT2D eigenvalue weighted by molar-refractivity contribution is 0.468. The maximum Gasteiger partial charge on any atom is 0.163 e. The maximum atomic E-state index is 13.7. The first-order valence-electron chi connectivity index (χ1n) is 6.27. The molecule has 20 heavy (non-hydrogen) atoms. The van der Waals surface area contributed by atoms with Gasteiger partial charge in [0.25, 0.3) is 0 Å². The van der Waals surface area contributed by atoms with E-state index in [1.54, 1.807) is 10.9 Å². The normalized spacial score (nSPS) is 12.8. The number of para-hydroxylation sites is 1. The first kappa shape index (κ1) is 12.7. The number of hydrogen-bond acceptors (Lipinski definition) is 2. The molecule has 3 nitrogen and oxygen atoms in total. The van der Waals surface area contributed by atoms with Crippen molar-refractivity contribution in [3.05, 3.63) is 65.9 Å². The Labute approximate surface area is 114 Å². The minimum atomic E-state index is -0.892. The first-order chi connectivity index (χ1) is 9.66. The van der Waals surface area contributed by atoms with Crippen LogP contribution in [0.2, 0.25) is 0 Å². The summed E-state index contributed by atoms with van der Waals surface area (Å²) in [7, 11) is 0. The Balaban J connectivity index is 1.92. The summed E-state index contributed by atoms with van der Waals surface area (Å²) in [4.78, 5) is 0. The lowest BCUT2D eigenvalue weighted by Gasteiger charge is -2.14. The smallest absolute Gasteiger partial charge is 0.163 e. The number of rotatable bonds is 3. The van der Waals surface area contributed by atoms with Crippen molar-refractivity contribution in [2.24, 2.45) is 5.73 Å². The van der Waals surface area contributed by atoms with E-state index >= 15 is 0 Å². The number of fused-ring (bicyclic) bond motifs is 1. The molecule has 2 aromatic carbocycles. The van der Waals surface area contributed by atoms with Crippen molar-refractivity contribution >= 4 is 10.9 Å². The Hall–Kier alpha value is -2.27. The van der Waals surface area contributed by atoms with Crippen molar-refractivity contribution in [2.45, 2.75) is 12.6 Å². The zero-order valence-corrected chi connectivity index (χ0v) is 10.6. The number of benzene rings is 2. The van der Waals surface area contributed by atoms with E-state index in [-0.39, 0.29) is 12.1 Å². The number of nitrogens with zero attached hydrogens (tertiary/aromatic N) is 2. The third kappa shape index (κ3) is 2.16. The Bertz CT molecular complexity index is 752. The van der Waals surface area contributed by atoms with Crippen LogP contribution in [0.15, 0.2) is 48.7 Å². The van der Waals surface area contributed by atoms with E-state index in [1.165, 1.54) is 12.1 Å². The van der Waals surface area contributed by atoms with Crippen LogP contribution in [0.4, 0.5) is 8.78 Å². The molecule has 0 aliphatic carbocycles. The first-order valence-corrected chi connectivity index (χ1v) is 6.27. The molecule has 1 atom stereocenters. The molecule has 0 aliphatic heterocycles. The second-order valence-electron chi connectivity index (χ2n) is 4.64. The van der Waals surface area contributed by atoms with Gasteiger partial charge in [0.2, 0.25) is 0 Å². The topological polar surface area (TPSA) is 43.8 Å². The molecule has 1 heterocycles. The summed E-state index contributed by atoms with van der Waals surface area (Å²) in [5.74, 6) is -1.78. The SMILES string of the molecule is NC(Cn1ncc2ccccc21)c1cccc(F)c1F. The maximum absolute atomic E-state index is 13.7. The van der Waals surface area contributed by atoms with Gasteiger partial charge in [-0.25, -0.2) is 8.78 Å². The molecular formula is C15H13F2N3. The summed E-state index contributed by atoms with van der Waals surface area (Å²) < 4.78 is 28.6. The van der Waals surface area contributed by atoms with Crippen LogP contribution < -0.4 is 5.73 Å². The molecule has 3 aromatic rings. The van der Waals surface area contributed by atoms with Crippen LogP contribution in [0.3, 0.4) is 0 Å². The lowest BCUT2D eigenvalue weighted by Crippen LogP contribution is -2.20. The fourth-order valence-corrected chi connectivity index (χ4v) is 2.26. The highest BCUT2D eigenvalue weighted by molar-refractivity contribution is 5.78. The molecule has 2 N–H and O–H groups in total. The molecule has 1 aromatic heterocycles. The van der Waals surface area contributed by atoms with Crippen molar-refractivity contribution in [3.63, 3.8) is 0 Å². The Morgan fingerprint density at radius 3 is 2.75 bits per heavy atom. The third-order valence-electron chi connectivity index (χ3n) is 3.30. The standard InChI is InChI=1S/C15H13F2N3/c16-12-6-3-5-11(15(12)17)13(18)9-20-14-7-2-1-4-10(14)8-19-20/h1-8,13H,9,18H2. The average molecular weight is 273 g/mol. The summed E-state index contributed by atoms with van der Waals surface area (Å²) in [5.41, 5.74) is 7.05. The van der Waals surface area contributed by atoms with E-state index in [4.69, 9.17) is 5.73 Å². The lowest BCUT2D eigenvalue weighted by atomic mass is 10.1. The molecule has 1 unspecified atom stereocenters. The van der Waals surface area contributed by atoms with Crippen molar-refractivity contribution < 1.29 is 8.78 Å². The molecular weight excluding hydrogens is 260 g/mol. The summed E-state index contributed by atoms with van der Waals surface area (Å²) in [5, 5.41) is 5.22. The molecule has 3 rings (SSSR count). The Kier molecular flexibility index (Phi) is 3.20. The summed E-state index contributed by atoms with van der Waals surface area (Å²) in [6.07, 6.45) is 1.73. The molecule has 0 aliphatic rings. The van der Waals surface area contributed by atoms with Crippen LogP contribution in [0.1, 0.15) is 11.6 Å². The van der Waals surface area contributed by atoms with E-state index in [9.17, 15) is 8.78 Å². The molecule has 0 saturated carbocycles. The van der Waals surface area contributed by atoms with Crippen molar-refractivity contribution in [1.29, 1.82) is 0 Å². The van der Waals surface area contributed by atoms with Gasteiger partial charge in [0.15, 0.2) is 11.6 Å². The van der Waals surface area contributed by atoms with Crippen LogP contribution in [0.5, 0.6) is 0 Å². The van der Waals surface area contributed by atoms with E-state index in [1.807, 2.05) is 24.3 Å². The molecule has 5 heteroatoms. The minimum Gasteiger partial charge on any atom is -0.322 e. The fraction of sp³-hybridized carbons (Fsp3) is 0.133. The molecule has 0 bridgehead atoms. The van der Waals surface area contributed by atoms with Gasteiger partial charge < -0.3 is 5.73 Å². The molecule has 0 fully saturated rings. The molecule has 0 radical (unpaired) electrons. The molecule has 0 saturated heterocycles. The van der Waals surface area contributed by atoms with Gasteiger partial charge in [-0.05, 0) is 12.1 Å². The number of halogens is 2. The zero-order chi connectivity index (χ0) is 14.1. The van der Waals surface area contributed by atoms with Crippen molar-refractivity contribution in [2.75, 3.05) is 0 Å². The third-order valence-corrected chi connectivity index (χ3v) is 3.30. The van der Waals surface area contributed by atoms with Gasteiger partial charge in [-0.15, -0.1) is 0 Å². The number of hydrogen-bond donors (Lipinski definition) is 1. The van der Waals surface area contributed by atoms with Gasteiger partial charge in [0.05, 0.1) is 24.3 Å². The van der Waals surface area contributed by atoms with E-state index in [0.717, 1.165) is 17.0 Å². The van der Waals surface area contributed by atoms with Crippen LogP contribution in [0.25, 0.3) is 10.9 Å². The average Bonchev–Trinajstić information content (AvgIpc) is 2.85. The second-order valence-corrected chi connectivity index (χ2v) is 4.64. The highest BCUT2D eigenvalue weighted by atomic mass is 19.2. The molecule has 102 valence electrons. The van der Waals surface area contributed by atoms with Crippen molar-refractivity contribution in [3.8, 4) is 0 Å². The summed E-state index contributed by atoms with van der Waals surface area (Å²) in [6.45, 7) is 0.286. The van der Waals surface area contributed by atoms with Gasteiger partial charge >= 0.3 is 0 Å². The summed E-state index contributed by atoms with van der Waals surface area (Å²) >= 11 is 0. The molecule has 0 amide bonds. The van der Waals surface area contributed by atoms with Gasteiger partial charge in [0, 0.05) is 10.9 Å². The monoisotopic (exact) mass is 273 g/mol. The largest absolute Gasteiger partial charge is 0.322 e. The van der Waals surface area contributed by atoms with Crippen LogP contribution in [-0.2, 0) is 6.54 Å².